The Balaban J connectivity index is 1.83. The highest BCUT2D eigenvalue weighted by Gasteiger charge is 2.65. The Kier molecular flexibility index (Phi) is 3.71. The maximum absolute atomic E-state index is 14.1. The summed E-state index contributed by atoms with van der Waals surface area (Å²) in [5.41, 5.74) is 6.86. The van der Waals surface area contributed by atoms with Crippen molar-refractivity contribution in [1.29, 1.82) is 0 Å². The second-order valence-electron chi connectivity index (χ2n) is 9.94. The minimum atomic E-state index is -0.862. The zero-order valence-electron chi connectivity index (χ0n) is 19.2. The molecule has 0 atom stereocenters. The predicted octanol–water partition coefficient (Wildman–Crippen LogP) is 6.04. The van der Waals surface area contributed by atoms with Gasteiger partial charge in [-0.15, -0.1) is 0 Å². The third-order valence-electron chi connectivity index (χ3n) is 8.76. The van der Waals surface area contributed by atoms with Crippen LogP contribution in [0.25, 0.3) is 0 Å². The van der Waals surface area contributed by atoms with Gasteiger partial charge in [0.25, 0.3) is 0 Å². The molecule has 6 aliphatic carbocycles. The standard InChI is InChI=1S/C32H24O2/c1-19(33)31-25-15-7-3-11-21(25)30(22-12-4-8-16-26(22)31)32(20(2)34)27-17-9-5-13-23(27)29(31)24-14-6-10-18-28(24)32/h3-18,29-30H,1-2H3. The van der Waals surface area contributed by atoms with E-state index >= 15 is 0 Å². The lowest BCUT2D eigenvalue weighted by atomic mass is 9.41. The average Bonchev–Trinajstić information content (AvgIpc) is 2.84. The molecule has 0 N–H and O–H groups in total. The summed E-state index contributed by atoms with van der Waals surface area (Å²) in [6.45, 7) is 3.49. The van der Waals surface area contributed by atoms with Gasteiger partial charge < -0.3 is 0 Å². The van der Waals surface area contributed by atoms with Crippen LogP contribution in [0.15, 0.2) is 97.1 Å². The van der Waals surface area contributed by atoms with Crippen molar-refractivity contribution in [3.05, 3.63) is 142 Å². The Hall–Kier alpha value is -3.78. The van der Waals surface area contributed by atoms with Crippen LogP contribution in [0.5, 0.6) is 0 Å². The zero-order valence-corrected chi connectivity index (χ0v) is 19.2. The van der Waals surface area contributed by atoms with Gasteiger partial charge in [-0.1, -0.05) is 97.1 Å². The maximum Gasteiger partial charge on any atom is 0.145 e. The minimum Gasteiger partial charge on any atom is -0.299 e. The molecule has 2 heteroatoms. The van der Waals surface area contributed by atoms with Crippen LogP contribution < -0.4 is 0 Å². The van der Waals surface area contributed by atoms with E-state index in [0.29, 0.717) is 0 Å². The van der Waals surface area contributed by atoms with Crippen molar-refractivity contribution in [1.82, 2.24) is 0 Å². The summed E-state index contributed by atoms with van der Waals surface area (Å²) in [6, 6.07) is 33.4. The molecule has 0 radical (unpaired) electrons. The number of carbonyl (C=O) groups is 2. The van der Waals surface area contributed by atoms with Crippen molar-refractivity contribution in [2.24, 2.45) is 0 Å². The van der Waals surface area contributed by atoms with Crippen LogP contribution in [0.2, 0.25) is 0 Å². The van der Waals surface area contributed by atoms with Crippen LogP contribution in [-0.4, -0.2) is 11.6 Å². The second kappa shape index (κ2) is 6.42. The summed E-state index contributed by atoms with van der Waals surface area (Å²) in [5, 5.41) is 0. The Labute approximate surface area is 199 Å². The van der Waals surface area contributed by atoms with E-state index in [1.54, 1.807) is 13.8 Å². The molecule has 6 aliphatic rings. The second-order valence-corrected chi connectivity index (χ2v) is 9.94. The van der Waals surface area contributed by atoms with Gasteiger partial charge in [-0.05, 0) is 58.4 Å². The summed E-state index contributed by atoms with van der Waals surface area (Å²) in [4.78, 5) is 28.2. The van der Waals surface area contributed by atoms with E-state index in [-0.39, 0.29) is 23.4 Å². The number of hydrogen-bond acceptors (Lipinski definition) is 2. The smallest absolute Gasteiger partial charge is 0.145 e. The van der Waals surface area contributed by atoms with Gasteiger partial charge in [0, 0.05) is 11.8 Å². The molecular weight excluding hydrogens is 416 g/mol. The predicted molar refractivity (Wildman–Crippen MR) is 132 cm³/mol. The molecular formula is C32H24O2. The summed E-state index contributed by atoms with van der Waals surface area (Å²) in [6.07, 6.45) is 0. The van der Waals surface area contributed by atoms with Crippen LogP contribution in [0.4, 0.5) is 0 Å². The largest absolute Gasteiger partial charge is 0.299 e. The molecule has 0 amide bonds. The normalized spacial score (nSPS) is 27.0. The Morgan fingerprint density at radius 2 is 0.706 bits per heavy atom. The summed E-state index contributed by atoms with van der Waals surface area (Å²) >= 11 is 0. The van der Waals surface area contributed by atoms with E-state index in [4.69, 9.17) is 0 Å². The fraction of sp³-hybridized carbons (Fsp3) is 0.188. The van der Waals surface area contributed by atoms with Crippen LogP contribution in [0.3, 0.4) is 0 Å². The SMILES string of the molecule is CC(=O)C12c3ccccc3C(c3ccccc31)C1(C(C)=O)c3ccccc3C2c2ccccc21. The molecule has 0 unspecified atom stereocenters. The van der Waals surface area contributed by atoms with E-state index in [9.17, 15) is 9.59 Å². The van der Waals surface area contributed by atoms with Gasteiger partial charge in [-0.2, -0.15) is 0 Å². The average molecular weight is 441 g/mol. The first-order chi connectivity index (χ1) is 16.6. The van der Waals surface area contributed by atoms with Crippen LogP contribution >= 0.6 is 0 Å². The van der Waals surface area contributed by atoms with Gasteiger partial charge >= 0.3 is 0 Å². The first-order valence-electron chi connectivity index (χ1n) is 11.9. The topological polar surface area (TPSA) is 34.1 Å². The van der Waals surface area contributed by atoms with Crippen molar-refractivity contribution in [2.75, 3.05) is 0 Å². The first-order valence-corrected chi connectivity index (χ1v) is 11.9. The molecule has 2 nitrogen and oxygen atoms in total. The molecule has 0 fully saturated rings. The molecule has 164 valence electrons. The van der Waals surface area contributed by atoms with Gasteiger partial charge in [-0.25, -0.2) is 0 Å². The molecule has 34 heavy (non-hydrogen) atoms. The Bertz CT molecular complexity index is 1330. The molecule has 0 saturated heterocycles. The third-order valence-corrected chi connectivity index (χ3v) is 8.76. The number of Topliss-reactive ketones (excluding diaryl/α,β-unsaturated/α-hetero) is 2. The molecule has 0 aliphatic heterocycles. The van der Waals surface area contributed by atoms with Crippen molar-refractivity contribution in [3.63, 3.8) is 0 Å². The monoisotopic (exact) mass is 440 g/mol. The number of benzene rings is 4. The Morgan fingerprint density at radius 3 is 0.941 bits per heavy atom. The van der Waals surface area contributed by atoms with Gasteiger partial charge in [-0.3, -0.25) is 9.59 Å². The van der Waals surface area contributed by atoms with Crippen LogP contribution in [-0.2, 0) is 20.4 Å². The van der Waals surface area contributed by atoms with Crippen molar-refractivity contribution < 1.29 is 9.59 Å². The zero-order chi connectivity index (χ0) is 23.2. The number of rotatable bonds is 2. The molecule has 0 spiro atoms. The highest BCUT2D eigenvalue weighted by Crippen LogP contribution is 2.68. The molecule has 10 rings (SSSR count). The lowest BCUT2D eigenvalue weighted by Crippen LogP contribution is -2.57. The molecule has 0 heterocycles. The number of ketones is 2. The molecule has 4 aromatic carbocycles. The van der Waals surface area contributed by atoms with Crippen LogP contribution in [0.1, 0.15) is 70.2 Å². The lowest BCUT2D eigenvalue weighted by Gasteiger charge is -2.59. The maximum atomic E-state index is 14.1. The van der Waals surface area contributed by atoms with Gasteiger partial charge in [0.05, 0.1) is 10.8 Å². The van der Waals surface area contributed by atoms with E-state index in [2.05, 4.69) is 48.5 Å². The van der Waals surface area contributed by atoms with E-state index in [1.807, 2.05) is 48.5 Å². The van der Waals surface area contributed by atoms with Crippen LogP contribution in [0, 0.1) is 0 Å². The highest BCUT2D eigenvalue weighted by molar-refractivity contribution is 6.03. The Morgan fingerprint density at radius 1 is 0.471 bits per heavy atom. The van der Waals surface area contributed by atoms with Crippen molar-refractivity contribution in [2.45, 2.75) is 36.5 Å². The highest BCUT2D eigenvalue weighted by atomic mass is 16.1. The van der Waals surface area contributed by atoms with Crippen molar-refractivity contribution in [3.8, 4) is 0 Å². The number of carbonyl (C=O) groups excluding carboxylic acids is 2. The third kappa shape index (κ3) is 1.93. The van der Waals surface area contributed by atoms with E-state index in [1.165, 1.54) is 0 Å². The fourth-order valence-corrected chi connectivity index (χ4v) is 7.78. The first kappa shape index (κ1) is 19.7. The molecule has 4 bridgehead atoms. The molecule has 4 aromatic rings. The fourth-order valence-electron chi connectivity index (χ4n) is 7.78. The molecule has 0 aromatic heterocycles. The lowest BCUT2D eigenvalue weighted by molar-refractivity contribution is -0.122. The van der Waals surface area contributed by atoms with Gasteiger partial charge in [0.15, 0.2) is 0 Å². The summed E-state index contributed by atoms with van der Waals surface area (Å²) < 4.78 is 0. The van der Waals surface area contributed by atoms with E-state index < -0.39 is 10.8 Å². The number of hydrogen-bond donors (Lipinski definition) is 0. The summed E-state index contributed by atoms with van der Waals surface area (Å²) in [7, 11) is 0. The quantitative estimate of drug-likeness (QED) is 0.381. The minimum absolute atomic E-state index is 0.137. The van der Waals surface area contributed by atoms with Crippen molar-refractivity contribution >= 4 is 11.6 Å². The molecule has 0 saturated carbocycles. The van der Waals surface area contributed by atoms with E-state index in [0.717, 1.165) is 44.5 Å². The van der Waals surface area contributed by atoms with Gasteiger partial charge in [0.1, 0.15) is 11.6 Å². The summed E-state index contributed by atoms with van der Waals surface area (Å²) in [5.74, 6) is -0.155. The van der Waals surface area contributed by atoms with Gasteiger partial charge in [0.2, 0.25) is 0 Å².